The Morgan fingerprint density at radius 3 is 2.24 bits per heavy atom. The van der Waals surface area contributed by atoms with Gasteiger partial charge in [0.1, 0.15) is 5.52 Å². The summed E-state index contributed by atoms with van der Waals surface area (Å²) in [7, 11) is 0. The number of halogens is 6. The van der Waals surface area contributed by atoms with E-state index in [1.165, 1.54) is 6.20 Å². The topological polar surface area (TPSA) is 85.0 Å². The number of benzene rings is 2. The lowest BCUT2D eigenvalue weighted by molar-refractivity contribution is -0.143. The van der Waals surface area contributed by atoms with Gasteiger partial charge in [-0.3, -0.25) is 5.43 Å². The van der Waals surface area contributed by atoms with Crippen LogP contribution in [-0.4, -0.2) is 14.6 Å². The monoisotopic (exact) mass is 469 g/mol. The number of nitrogens with zero attached hydrogens (tertiary/aromatic N) is 3. The number of hydrogen-bond donors (Lipinski definition) is 2. The summed E-state index contributed by atoms with van der Waals surface area (Å²) in [6.07, 6.45) is -8.71. The van der Waals surface area contributed by atoms with Gasteiger partial charge in [-0.15, -0.1) is 0 Å². The first kappa shape index (κ1) is 22.2. The quantitative estimate of drug-likeness (QED) is 0.392. The van der Waals surface area contributed by atoms with E-state index < -0.39 is 34.9 Å². The Kier molecular flexibility index (Phi) is 5.26. The molecule has 13 heteroatoms. The predicted molar refractivity (Wildman–Crippen MR) is 106 cm³/mol. The second kappa shape index (κ2) is 7.83. The second-order valence-corrected chi connectivity index (χ2v) is 6.93. The van der Waals surface area contributed by atoms with Gasteiger partial charge in [0.15, 0.2) is 11.4 Å². The lowest BCUT2D eigenvalue weighted by atomic mass is 10.1. The first-order valence-electron chi connectivity index (χ1n) is 9.19. The van der Waals surface area contributed by atoms with Crippen molar-refractivity contribution in [3.05, 3.63) is 75.9 Å². The van der Waals surface area contributed by atoms with Gasteiger partial charge < -0.3 is 9.73 Å². The zero-order valence-corrected chi connectivity index (χ0v) is 16.5. The van der Waals surface area contributed by atoms with Gasteiger partial charge in [-0.1, -0.05) is 12.1 Å². The molecule has 0 bridgehead atoms. The van der Waals surface area contributed by atoms with E-state index in [-0.39, 0.29) is 17.8 Å². The number of fused-ring (bicyclic) bond motifs is 1. The van der Waals surface area contributed by atoms with Crippen molar-refractivity contribution >= 4 is 28.6 Å². The standard InChI is InChI=1S/C20H13F6N5O2/c1-10-9-27-17(28-13-7-11(19(21,22)23)6-12(8-13)20(24,25)26)29-16(10)30-31-14-4-2-3-5-15(14)33-18(31)32/h2-9H,1H3,(H2,27,28,29,30). The van der Waals surface area contributed by atoms with Crippen LogP contribution in [0.15, 0.2) is 57.9 Å². The number of aryl methyl sites for hydroxylation is 1. The highest BCUT2D eigenvalue weighted by atomic mass is 19.4. The minimum absolute atomic E-state index is 0.0184. The van der Waals surface area contributed by atoms with Gasteiger partial charge >= 0.3 is 18.1 Å². The smallest absolute Gasteiger partial charge is 0.406 e. The molecule has 33 heavy (non-hydrogen) atoms. The summed E-state index contributed by atoms with van der Waals surface area (Å²) in [6.45, 7) is 1.59. The Morgan fingerprint density at radius 1 is 0.970 bits per heavy atom. The van der Waals surface area contributed by atoms with Crippen molar-refractivity contribution in [1.82, 2.24) is 14.6 Å². The minimum Gasteiger partial charge on any atom is -0.406 e. The molecule has 0 radical (unpaired) electrons. The molecule has 172 valence electrons. The van der Waals surface area contributed by atoms with Gasteiger partial charge in [0.2, 0.25) is 5.95 Å². The number of alkyl halides is 6. The Labute approximate surface area is 180 Å². The van der Waals surface area contributed by atoms with Crippen LogP contribution in [0.25, 0.3) is 11.1 Å². The van der Waals surface area contributed by atoms with Crippen LogP contribution in [-0.2, 0) is 12.4 Å². The maximum atomic E-state index is 13.1. The molecule has 4 aromatic rings. The summed E-state index contributed by atoms with van der Waals surface area (Å²) in [5.41, 5.74) is 0.364. The van der Waals surface area contributed by atoms with Crippen molar-refractivity contribution in [3.8, 4) is 0 Å². The van der Waals surface area contributed by atoms with Crippen molar-refractivity contribution in [3.63, 3.8) is 0 Å². The van der Waals surface area contributed by atoms with Crippen LogP contribution in [0.5, 0.6) is 0 Å². The Hall–Kier alpha value is -4.03. The Morgan fingerprint density at radius 2 is 1.61 bits per heavy atom. The first-order valence-corrected chi connectivity index (χ1v) is 9.19. The molecule has 0 fully saturated rings. The molecule has 0 unspecified atom stereocenters. The third kappa shape index (κ3) is 4.61. The average Bonchev–Trinajstić information content (AvgIpc) is 3.04. The first-order chi connectivity index (χ1) is 15.4. The Balaban J connectivity index is 1.70. The number of para-hydroxylation sites is 2. The zero-order chi connectivity index (χ0) is 24.0. The highest BCUT2D eigenvalue weighted by molar-refractivity contribution is 5.73. The van der Waals surface area contributed by atoms with E-state index in [1.807, 2.05) is 0 Å². The van der Waals surface area contributed by atoms with Gasteiger partial charge in [0.05, 0.1) is 11.1 Å². The van der Waals surface area contributed by atoms with Crippen LogP contribution in [0, 0.1) is 6.92 Å². The average molecular weight is 469 g/mol. The van der Waals surface area contributed by atoms with Crippen molar-refractivity contribution in [2.24, 2.45) is 0 Å². The molecule has 0 saturated heterocycles. The van der Waals surface area contributed by atoms with Crippen LogP contribution in [0.1, 0.15) is 16.7 Å². The molecule has 7 nitrogen and oxygen atoms in total. The van der Waals surface area contributed by atoms with Crippen molar-refractivity contribution in [2.45, 2.75) is 19.3 Å². The lowest BCUT2D eigenvalue weighted by Gasteiger charge is -2.15. The van der Waals surface area contributed by atoms with Gasteiger partial charge in [-0.25, -0.2) is 9.78 Å². The van der Waals surface area contributed by atoms with Gasteiger partial charge in [-0.2, -0.15) is 36.0 Å². The molecule has 0 spiro atoms. The number of hydrogen-bond acceptors (Lipinski definition) is 6. The van der Waals surface area contributed by atoms with E-state index in [0.717, 1.165) is 4.68 Å². The van der Waals surface area contributed by atoms with Gasteiger partial charge in [0.25, 0.3) is 0 Å². The number of oxazole rings is 1. The van der Waals surface area contributed by atoms with Crippen LogP contribution in [0.4, 0.5) is 43.8 Å². The van der Waals surface area contributed by atoms with E-state index in [0.29, 0.717) is 28.8 Å². The molecule has 0 saturated carbocycles. The van der Waals surface area contributed by atoms with E-state index in [9.17, 15) is 31.1 Å². The van der Waals surface area contributed by atoms with Gasteiger partial charge in [-0.05, 0) is 37.3 Å². The molecular formula is C20H13F6N5O2. The molecular weight excluding hydrogens is 456 g/mol. The summed E-state index contributed by atoms with van der Waals surface area (Å²) < 4.78 is 84.7. The zero-order valence-electron chi connectivity index (χ0n) is 16.5. The van der Waals surface area contributed by atoms with Crippen molar-refractivity contribution in [2.75, 3.05) is 10.7 Å². The predicted octanol–water partition coefficient (Wildman–Crippen LogP) is 5.35. The number of nitrogens with one attached hydrogen (secondary N) is 2. The van der Waals surface area contributed by atoms with E-state index in [4.69, 9.17) is 4.42 Å². The summed E-state index contributed by atoms with van der Waals surface area (Å²) in [5, 5.41) is 2.35. The summed E-state index contributed by atoms with van der Waals surface area (Å²) >= 11 is 0. The molecule has 0 aliphatic carbocycles. The number of aromatic nitrogens is 3. The van der Waals surface area contributed by atoms with Crippen LogP contribution >= 0.6 is 0 Å². The summed E-state index contributed by atoms with van der Waals surface area (Å²) in [6, 6.07) is 7.55. The highest BCUT2D eigenvalue weighted by Crippen LogP contribution is 2.38. The second-order valence-electron chi connectivity index (χ2n) is 6.93. The van der Waals surface area contributed by atoms with Crippen molar-refractivity contribution in [1.29, 1.82) is 0 Å². The highest BCUT2D eigenvalue weighted by Gasteiger charge is 2.37. The van der Waals surface area contributed by atoms with Crippen LogP contribution < -0.4 is 16.5 Å². The maximum absolute atomic E-state index is 13.1. The fraction of sp³-hybridized carbons (Fsp3) is 0.150. The molecule has 0 atom stereocenters. The van der Waals surface area contributed by atoms with Crippen molar-refractivity contribution < 1.29 is 30.8 Å². The fourth-order valence-electron chi connectivity index (χ4n) is 2.95. The SMILES string of the molecule is Cc1cnc(Nc2cc(C(F)(F)F)cc(C(F)(F)F)c2)nc1Nn1c(=O)oc2ccccc21. The molecule has 0 amide bonds. The van der Waals surface area contributed by atoms with Crippen LogP contribution in [0.3, 0.4) is 0 Å². The summed E-state index contributed by atoms with van der Waals surface area (Å²) in [4.78, 5) is 20.1. The number of anilines is 3. The molecule has 2 aromatic carbocycles. The number of rotatable bonds is 4. The van der Waals surface area contributed by atoms with Gasteiger partial charge in [0, 0.05) is 17.4 Å². The molecule has 2 aromatic heterocycles. The molecule has 0 aliphatic heterocycles. The third-order valence-electron chi connectivity index (χ3n) is 4.52. The normalized spacial score (nSPS) is 12.2. The van der Waals surface area contributed by atoms with E-state index in [1.54, 1.807) is 31.2 Å². The van der Waals surface area contributed by atoms with E-state index >= 15 is 0 Å². The minimum atomic E-state index is -5.00. The largest absolute Gasteiger partial charge is 0.439 e. The maximum Gasteiger partial charge on any atom is 0.439 e. The molecule has 0 aliphatic rings. The summed E-state index contributed by atoms with van der Waals surface area (Å²) in [5.74, 6) is -0.975. The van der Waals surface area contributed by atoms with E-state index in [2.05, 4.69) is 20.7 Å². The van der Waals surface area contributed by atoms with Crippen LogP contribution in [0.2, 0.25) is 0 Å². The molecule has 2 N–H and O–H groups in total. The third-order valence-corrected chi connectivity index (χ3v) is 4.52. The Bertz CT molecular complexity index is 1360. The lowest BCUT2D eigenvalue weighted by Crippen LogP contribution is -2.23. The fourth-order valence-corrected chi connectivity index (χ4v) is 2.95. The molecule has 4 rings (SSSR count). The molecule has 2 heterocycles.